The number of nitrogens with zero attached hydrogens (tertiary/aromatic N) is 3. The Morgan fingerprint density at radius 2 is 1.72 bits per heavy atom. The monoisotopic (exact) mass is 418 g/mol. The third kappa shape index (κ3) is 4.90. The van der Waals surface area contributed by atoms with Gasteiger partial charge in [-0.3, -0.25) is 13.9 Å². The van der Waals surface area contributed by atoms with E-state index in [0.717, 1.165) is 44.3 Å². The number of hydrogen-bond acceptors (Lipinski definition) is 4. The summed E-state index contributed by atoms with van der Waals surface area (Å²) in [4.78, 5) is 32.7. The summed E-state index contributed by atoms with van der Waals surface area (Å²) in [5.41, 5.74) is 1.16. The molecule has 0 saturated carbocycles. The predicted octanol–water partition coefficient (Wildman–Crippen LogP) is 3.76. The summed E-state index contributed by atoms with van der Waals surface area (Å²) in [5, 5.41) is 0.123. The molecule has 1 aromatic carbocycles. The lowest BCUT2D eigenvalue weighted by atomic mass is 10.1. The van der Waals surface area contributed by atoms with Crippen molar-refractivity contribution in [3.63, 3.8) is 0 Å². The second-order valence-corrected chi connectivity index (χ2v) is 7.49. The number of aryl methyl sites for hydroxylation is 2. The Labute approximate surface area is 174 Å². The normalized spacial score (nSPS) is 11.3. The zero-order valence-electron chi connectivity index (χ0n) is 16.9. The largest absolute Gasteiger partial charge is 0.497 e. The van der Waals surface area contributed by atoms with Gasteiger partial charge in [0.1, 0.15) is 5.75 Å². The van der Waals surface area contributed by atoms with E-state index >= 15 is 0 Å². The summed E-state index contributed by atoms with van der Waals surface area (Å²) >= 11 is 5.97. The molecule has 2 heterocycles. The van der Waals surface area contributed by atoms with E-state index in [4.69, 9.17) is 16.3 Å². The number of aromatic nitrogens is 4. The third-order valence-electron chi connectivity index (χ3n) is 5.07. The minimum Gasteiger partial charge on any atom is -0.497 e. The Morgan fingerprint density at radius 3 is 2.41 bits per heavy atom. The van der Waals surface area contributed by atoms with E-state index in [1.807, 2.05) is 24.3 Å². The minimum atomic E-state index is -0.361. The van der Waals surface area contributed by atoms with Gasteiger partial charge in [0.2, 0.25) is 5.28 Å². The van der Waals surface area contributed by atoms with Gasteiger partial charge in [0.15, 0.2) is 11.2 Å². The first-order valence-electron chi connectivity index (χ1n) is 10.1. The molecule has 8 heteroatoms. The van der Waals surface area contributed by atoms with Crippen LogP contribution in [0.15, 0.2) is 33.9 Å². The van der Waals surface area contributed by atoms with Crippen molar-refractivity contribution in [2.45, 2.75) is 58.5 Å². The van der Waals surface area contributed by atoms with Gasteiger partial charge < -0.3 is 9.72 Å². The number of benzene rings is 1. The van der Waals surface area contributed by atoms with Crippen LogP contribution >= 0.6 is 11.6 Å². The maximum Gasteiger partial charge on any atom is 0.332 e. The molecule has 0 radical (unpaired) electrons. The van der Waals surface area contributed by atoms with E-state index in [1.165, 1.54) is 10.1 Å². The molecule has 0 spiro atoms. The average molecular weight is 419 g/mol. The van der Waals surface area contributed by atoms with Gasteiger partial charge in [-0.15, -0.1) is 0 Å². The Kier molecular flexibility index (Phi) is 7.14. The second kappa shape index (κ2) is 9.78. The van der Waals surface area contributed by atoms with Crippen LogP contribution in [0.3, 0.4) is 0 Å². The number of nitrogens with one attached hydrogen (secondary N) is 1. The van der Waals surface area contributed by atoms with Crippen molar-refractivity contribution >= 4 is 22.8 Å². The highest BCUT2D eigenvalue weighted by Crippen LogP contribution is 2.14. The third-order valence-corrected chi connectivity index (χ3v) is 5.25. The molecule has 0 aliphatic rings. The fourth-order valence-electron chi connectivity index (χ4n) is 3.45. The van der Waals surface area contributed by atoms with Gasteiger partial charge in [-0.2, -0.15) is 4.98 Å². The fraction of sp³-hybridized carbons (Fsp3) is 0.476. The summed E-state index contributed by atoms with van der Waals surface area (Å²) in [6.07, 6.45) is 5.38. The van der Waals surface area contributed by atoms with Gasteiger partial charge in [-0.1, -0.05) is 31.9 Å². The molecule has 0 atom stereocenters. The number of hydrogen-bond donors (Lipinski definition) is 1. The number of ether oxygens (including phenoxy) is 1. The van der Waals surface area contributed by atoms with Gasteiger partial charge >= 0.3 is 5.69 Å². The highest BCUT2D eigenvalue weighted by molar-refractivity contribution is 6.28. The maximum absolute atomic E-state index is 13.0. The first kappa shape index (κ1) is 21.2. The van der Waals surface area contributed by atoms with Crippen LogP contribution in [-0.2, 0) is 19.5 Å². The van der Waals surface area contributed by atoms with Crippen LogP contribution in [0.5, 0.6) is 5.75 Å². The van der Waals surface area contributed by atoms with E-state index < -0.39 is 0 Å². The quantitative estimate of drug-likeness (QED) is 0.401. The molecule has 0 aliphatic carbocycles. The lowest BCUT2D eigenvalue weighted by Gasteiger charge is -2.11. The predicted molar refractivity (Wildman–Crippen MR) is 115 cm³/mol. The Balaban J connectivity index is 1.75. The molecule has 2 aromatic heterocycles. The number of unbranched alkanes of at least 4 members (excludes halogenated alkanes) is 3. The lowest BCUT2D eigenvalue weighted by Crippen LogP contribution is -2.40. The van der Waals surface area contributed by atoms with Crippen molar-refractivity contribution in [2.24, 2.45) is 0 Å². The molecule has 0 saturated heterocycles. The van der Waals surface area contributed by atoms with E-state index in [-0.39, 0.29) is 16.5 Å². The molecule has 7 nitrogen and oxygen atoms in total. The molecule has 0 aliphatic heterocycles. The Hall–Kier alpha value is -2.54. The van der Waals surface area contributed by atoms with Gasteiger partial charge in [-0.25, -0.2) is 4.79 Å². The van der Waals surface area contributed by atoms with Crippen LogP contribution in [0, 0.1) is 0 Å². The highest BCUT2D eigenvalue weighted by atomic mass is 35.5. The van der Waals surface area contributed by atoms with Crippen molar-refractivity contribution in [1.82, 2.24) is 19.1 Å². The molecule has 0 fully saturated rings. The van der Waals surface area contributed by atoms with E-state index in [0.29, 0.717) is 24.3 Å². The van der Waals surface area contributed by atoms with Gasteiger partial charge in [-0.05, 0) is 55.0 Å². The summed E-state index contributed by atoms with van der Waals surface area (Å²) in [7, 11) is 1.64. The van der Waals surface area contributed by atoms with Crippen LogP contribution < -0.4 is 16.0 Å². The molecule has 0 bridgehead atoms. The van der Waals surface area contributed by atoms with Crippen LogP contribution in [0.1, 0.15) is 44.6 Å². The van der Waals surface area contributed by atoms with E-state index in [2.05, 4.69) is 16.9 Å². The number of aromatic amines is 1. The molecular formula is C21H27ClN4O3. The number of imidazole rings is 1. The first-order valence-corrected chi connectivity index (χ1v) is 10.4. The summed E-state index contributed by atoms with van der Waals surface area (Å²) in [6, 6.07) is 7.93. The van der Waals surface area contributed by atoms with Crippen LogP contribution in [0.4, 0.5) is 0 Å². The van der Waals surface area contributed by atoms with Gasteiger partial charge in [0.25, 0.3) is 5.56 Å². The molecule has 0 unspecified atom stereocenters. The van der Waals surface area contributed by atoms with Crippen LogP contribution in [0.2, 0.25) is 5.28 Å². The highest BCUT2D eigenvalue weighted by Gasteiger charge is 2.16. The van der Waals surface area contributed by atoms with Gasteiger partial charge in [0, 0.05) is 13.1 Å². The zero-order valence-corrected chi connectivity index (χ0v) is 17.7. The number of halogens is 1. The number of fused-ring (bicyclic) bond motifs is 1. The number of rotatable bonds is 10. The molecule has 156 valence electrons. The standard InChI is InChI=1S/C21H27ClN4O3/c1-3-4-6-13-25-18-17(23-20(22)24-18)19(27)26(21(25)28)14-7-5-8-15-9-11-16(29-2)12-10-15/h9-12H,3-8,13-14H2,1-2H3,(H,23,24). The Morgan fingerprint density at radius 1 is 1.03 bits per heavy atom. The lowest BCUT2D eigenvalue weighted by molar-refractivity contribution is 0.414. The van der Waals surface area contributed by atoms with Crippen molar-refractivity contribution in [2.75, 3.05) is 7.11 Å². The Bertz CT molecular complexity index is 1070. The number of methoxy groups -OCH3 is 1. The van der Waals surface area contributed by atoms with Crippen molar-refractivity contribution in [1.29, 1.82) is 0 Å². The minimum absolute atomic E-state index is 0.123. The van der Waals surface area contributed by atoms with Crippen LogP contribution in [0.25, 0.3) is 11.2 Å². The zero-order chi connectivity index (χ0) is 20.8. The molecule has 29 heavy (non-hydrogen) atoms. The molecule has 1 N–H and O–H groups in total. The first-order chi connectivity index (χ1) is 14.0. The summed E-state index contributed by atoms with van der Waals surface area (Å²) in [6.45, 7) is 3.00. The maximum atomic E-state index is 13.0. The molecule has 3 rings (SSSR count). The molecule has 3 aromatic rings. The fourth-order valence-corrected chi connectivity index (χ4v) is 3.62. The SMILES string of the molecule is CCCCCn1c(=O)n(CCCCc2ccc(OC)cc2)c(=O)c2[nH]c(Cl)nc21. The number of H-pyrrole nitrogens is 1. The van der Waals surface area contributed by atoms with E-state index in [9.17, 15) is 9.59 Å². The van der Waals surface area contributed by atoms with Gasteiger partial charge in [0.05, 0.1) is 7.11 Å². The topological polar surface area (TPSA) is 81.9 Å². The smallest absolute Gasteiger partial charge is 0.332 e. The van der Waals surface area contributed by atoms with E-state index in [1.54, 1.807) is 11.7 Å². The van der Waals surface area contributed by atoms with Crippen molar-refractivity contribution in [3.8, 4) is 5.75 Å². The van der Waals surface area contributed by atoms with Crippen molar-refractivity contribution < 1.29 is 4.74 Å². The molecule has 0 amide bonds. The average Bonchev–Trinajstić information content (AvgIpc) is 3.12. The summed E-state index contributed by atoms with van der Waals surface area (Å²) < 4.78 is 8.04. The summed E-state index contributed by atoms with van der Waals surface area (Å²) in [5.74, 6) is 0.829. The van der Waals surface area contributed by atoms with Crippen LogP contribution in [-0.4, -0.2) is 26.2 Å². The molecular weight excluding hydrogens is 392 g/mol. The van der Waals surface area contributed by atoms with Crippen molar-refractivity contribution in [3.05, 3.63) is 56.0 Å². The second-order valence-electron chi connectivity index (χ2n) is 7.13.